The van der Waals surface area contributed by atoms with Gasteiger partial charge in [-0.15, -0.1) is 0 Å². The van der Waals surface area contributed by atoms with Crippen molar-refractivity contribution >= 4 is 11.8 Å². The van der Waals surface area contributed by atoms with E-state index in [1.807, 2.05) is 0 Å². The maximum atomic E-state index is 10.4. The molecule has 0 rings (SSSR count). The van der Waals surface area contributed by atoms with Crippen LogP contribution in [-0.2, 0) is 14.3 Å². The summed E-state index contributed by atoms with van der Waals surface area (Å²) in [6.45, 7) is 4.21. The number of esters is 1. The van der Waals surface area contributed by atoms with Crippen molar-refractivity contribution in [2.24, 2.45) is 0 Å². The van der Waals surface area contributed by atoms with E-state index in [-0.39, 0.29) is 5.78 Å². The second kappa shape index (κ2) is 3.22. The number of ketones is 1. The zero-order chi connectivity index (χ0) is 7.44. The molecule has 0 bridgehead atoms. The van der Waals surface area contributed by atoms with Crippen LogP contribution in [0.5, 0.6) is 0 Å². The van der Waals surface area contributed by atoms with Crippen LogP contribution in [0.15, 0.2) is 0 Å². The molecule has 52 valence electrons. The Hall–Kier alpha value is -0.860. The SMILES string of the molecule is CC(=O)O[C@@H](C)C(C)=O. The molecule has 0 aliphatic carbocycles. The van der Waals surface area contributed by atoms with Gasteiger partial charge in [0.05, 0.1) is 0 Å². The molecular formula is C6H10O3. The topological polar surface area (TPSA) is 43.4 Å². The first-order valence-electron chi connectivity index (χ1n) is 2.71. The van der Waals surface area contributed by atoms with Crippen LogP contribution in [0, 0.1) is 0 Å². The molecule has 0 saturated carbocycles. The zero-order valence-electron chi connectivity index (χ0n) is 5.80. The number of carbonyl (C=O) groups is 2. The van der Waals surface area contributed by atoms with Crippen LogP contribution in [0.3, 0.4) is 0 Å². The highest BCUT2D eigenvalue weighted by Crippen LogP contribution is 1.91. The fraction of sp³-hybridized carbons (Fsp3) is 0.667. The van der Waals surface area contributed by atoms with Crippen molar-refractivity contribution in [3.63, 3.8) is 0 Å². The summed E-state index contributed by atoms with van der Waals surface area (Å²) in [6, 6.07) is 0. The molecule has 0 fully saturated rings. The van der Waals surface area contributed by atoms with Crippen LogP contribution in [-0.4, -0.2) is 17.9 Å². The first-order chi connectivity index (χ1) is 4.04. The third kappa shape index (κ3) is 3.70. The summed E-state index contributed by atoms with van der Waals surface area (Å²) in [7, 11) is 0. The molecule has 1 atom stereocenters. The number of ether oxygens (including phenoxy) is 1. The molecule has 9 heavy (non-hydrogen) atoms. The molecule has 0 aromatic heterocycles. The van der Waals surface area contributed by atoms with Gasteiger partial charge in [-0.2, -0.15) is 0 Å². The lowest BCUT2D eigenvalue weighted by Crippen LogP contribution is -2.19. The molecule has 0 aliphatic heterocycles. The van der Waals surface area contributed by atoms with E-state index in [9.17, 15) is 9.59 Å². The first kappa shape index (κ1) is 8.14. The first-order valence-corrected chi connectivity index (χ1v) is 2.71. The van der Waals surface area contributed by atoms with Crippen LogP contribution in [0.4, 0.5) is 0 Å². The summed E-state index contributed by atoms with van der Waals surface area (Å²) in [5, 5.41) is 0. The lowest BCUT2D eigenvalue weighted by atomic mass is 10.3. The van der Waals surface area contributed by atoms with Gasteiger partial charge >= 0.3 is 5.97 Å². The molecule has 0 N–H and O–H groups in total. The quantitative estimate of drug-likeness (QED) is 0.512. The number of rotatable bonds is 2. The number of hydrogen-bond donors (Lipinski definition) is 0. The van der Waals surface area contributed by atoms with E-state index in [0.29, 0.717) is 0 Å². The highest BCUT2D eigenvalue weighted by atomic mass is 16.5. The Morgan fingerprint density at radius 3 is 1.89 bits per heavy atom. The smallest absolute Gasteiger partial charge is 0.303 e. The van der Waals surface area contributed by atoms with E-state index in [2.05, 4.69) is 4.74 Å². The van der Waals surface area contributed by atoms with Crippen LogP contribution >= 0.6 is 0 Å². The Balaban J connectivity index is 3.63. The van der Waals surface area contributed by atoms with Crippen molar-refractivity contribution in [2.75, 3.05) is 0 Å². The molecule has 3 nitrogen and oxygen atoms in total. The Bertz CT molecular complexity index is 128. The molecule has 0 aliphatic rings. The molecular weight excluding hydrogens is 120 g/mol. The lowest BCUT2D eigenvalue weighted by molar-refractivity contribution is -0.151. The monoisotopic (exact) mass is 130 g/mol. The van der Waals surface area contributed by atoms with Gasteiger partial charge in [-0.25, -0.2) is 0 Å². The number of carbonyl (C=O) groups excluding carboxylic acids is 2. The highest BCUT2D eigenvalue weighted by Gasteiger charge is 2.08. The molecule has 0 aromatic rings. The van der Waals surface area contributed by atoms with E-state index in [0.717, 1.165) is 0 Å². The van der Waals surface area contributed by atoms with E-state index in [1.165, 1.54) is 13.8 Å². The minimum atomic E-state index is -0.595. The van der Waals surface area contributed by atoms with Crippen LogP contribution in [0.2, 0.25) is 0 Å². The van der Waals surface area contributed by atoms with E-state index in [4.69, 9.17) is 0 Å². The summed E-state index contributed by atoms with van der Waals surface area (Å²) >= 11 is 0. The van der Waals surface area contributed by atoms with Gasteiger partial charge in [0.15, 0.2) is 11.9 Å². The summed E-state index contributed by atoms with van der Waals surface area (Å²) in [6.07, 6.45) is -0.595. The summed E-state index contributed by atoms with van der Waals surface area (Å²) in [4.78, 5) is 20.6. The van der Waals surface area contributed by atoms with Crippen molar-refractivity contribution in [2.45, 2.75) is 26.9 Å². The Morgan fingerprint density at radius 1 is 1.33 bits per heavy atom. The van der Waals surface area contributed by atoms with E-state index >= 15 is 0 Å². The standard InChI is InChI=1S/C6H10O3/c1-4(7)5(2)9-6(3)8/h5H,1-3H3/t5-/m0/s1. The average Bonchev–Trinajstić information content (AvgIpc) is 1.63. The van der Waals surface area contributed by atoms with Gasteiger partial charge in [-0.3, -0.25) is 9.59 Å². The van der Waals surface area contributed by atoms with E-state index in [1.54, 1.807) is 6.92 Å². The van der Waals surface area contributed by atoms with Gasteiger partial charge in [0.25, 0.3) is 0 Å². The fourth-order valence-corrected chi connectivity index (χ4v) is 0.332. The second-order valence-corrected chi connectivity index (χ2v) is 1.86. The summed E-state index contributed by atoms with van der Waals surface area (Å²) in [5.41, 5.74) is 0. The van der Waals surface area contributed by atoms with Gasteiger partial charge in [-0.05, 0) is 13.8 Å². The van der Waals surface area contributed by atoms with E-state index < -0.39 is 12.1 Å². The maximum absolute atomic E-state index is 10.4. The molecule has 3 heteroatoms. The summed E-state index contributed by atoms with van der Waals surface area (Å²) in [5.74, 6) is -0.553. The minimum Gasteiger partial charge on any atom is -0.455 e. The Kier molecular flexibility index (Phi) is 2.91. The third-order valence-corrected chi connectivity index (χ3v) is 0.915. The van der Waals surface area contributed by atoms with Crippen molar-refractivity contribution in [1.29, 1.82) is 0 Å². The van der Waals surface area contributed by atoms with Crippen LogP contribution < -0.4 is 0 Å². The molecule has 0 heterocycles. The minimum absolute atomic E-state index is 0.134. The molecule has 0 saturated heterocycles. The van der Waals surface area contributed by atoms with Gasteiger partial charge in [0, 0.05) is 6.92 Å². The molecule has 0 unspecified atom stereocenters. The number of Topliss-reactive ketones (excluding diaryl/α,β-unsaturated/α-hetero) is 1. The molecule has 0 radical (unpaired) electrons. The molecule has 0 amide bonds. The fourth-order valence-electron chi connectivity index (χ4n) is 0.332. The Morgan fingerprint density at radius 2 is 1.78 bits per heavy atom. The normalized spacial score (nSPS) is 12.3. The molecule has 0 aromatic carbocycles. The predicted molar refractivity (Wildman–Crippen MR) is 31.9 cm³/mol. The van der Waals surface area contributed by atoms with Gasteiger partial charge in [0.1, 0.15) is 0 Å². The van der Waals surface area contributed by atoms with Gasteiger partial charge in [-0.1, -0.05) is 0 Å². The van der Waals surface area contributed by atoms with Crippen molar-refractivity contribution in [3.8, 4) is 0 Å². The van der Waals surface area contributed by atoms with Gasteiger partial charge < -0.3 is 4.74 Å². The van der Waals surface area contributed by atoms with Gasteiger partial charge in [0.2, 0.25) is 0 Å². The lowest BCUT2D eigenvalue weighted by Gasteiger charge is -2.05. The predicted octanol–water partition coefficient (Wildman–Crippen LogP) is 0.527. The second-order valence-electron chi connectivity index (χ2n) is 1.86. The zero-order valence-corrected chi connectivity index (χ0v) is 5.80. The maximum Gasteiger partial charge on any atom is 0.303 e. The molecule has 0 spiro atoms. The third-order valence-electron chi connectivity index (χ3n) is 0.915. The van der Waals surface area contributed by atoms with Crippen LogP contribution in [0.25, 0.3) is 0 Å². The van der Waals surface area contributed by atoms with Crippen molar-refractivity contribution < 1.29 is 14.3 Å². The Labute approximate surface area is 54.0 Å². The highest BCUT2D eigenvalue weighted by molar-refractivity contribution is 5.82. The average molecular weight is 130 g/mol. The number of hydrogen-bond acceptors (Lipinski definition) is 3. The van der Waals surface area contributed by atoms with Crippen molar-refractivity contribution in [1.82, 2.24) is 0 Å². The van der Waals surface area contributed by atoms with Crippen LogP contribution in [0.1, 0.15) is 20.8 Å². The summed E-state index contributed by atoms with van der Waals surface area (Å²) < 4.78 is 4.52. The largest absolute Gasteiger partial charge is 0.455 e. The van der Waals surface area contributed by atoms with Crippen molar-refractivity contribution in [3.05, 3.63) is 0 Å².